The van der Waals surface area contributed by atoms with Gasteiger partial charge in [-0.2, -0.15) is 0 Å². The highest BCUT2D eigenvalue weighted by Crippen LogP contribution is 2.00. The SMILES string of the molecule is Cn1c(=O)ccn(CC(=O)N[C@H]2CCCNC2)c1=O. The van der Waals surface area contributed by atoms with Crippen LogP contribution in [0.15, 0.2) is 21.9 Å². The molecule has 1 saturated heterocycles. The summed E-state index contributed by atoms with van der Waals surface area (Å²) in [5.74, 6) is -0.213. The summed E-state index contributed by atoms with van der Waals surface area (Å²) in [5.41, 5.74) is -0.859. The van der Waals surface area contributed by atoms with Gasteiger partial charge < -0.3 is 10.6 Å². The van der Waals surface area contributed by atoms with Crippen molar-refractivity contribution in [2.45, 2.75) is 25.4 Å². The molecule has 0 unspecified atom stereocenters. The summed E-state index contributed by atoms with van der Waals surface area (Å²) < 4.78 is 2.21. The van der Waals surface area contributed by atoms with E-state index in [1.807, 2.05) is 0 Å². The number of amides is 1. The number of nitrogens with zero attached hydrogens (tertiary/aromatic N) is 2. The number of rotatable bonds is 3. The van der Waals surface area contributed by atoms with Crippen molar-refractivity contribution in [3.8, 4) is 0 Å². The molecule has 0 spiro atoms. The van der Waals surface area contributed by atoms with Gasteiger partial charge in [0.2, 0.25) is 5.91 Å². The normalized spacial score (nSPS) is 19.1. The zero-order valence-electron chi connectivity index (χ0n) is 10.9. The molecule has 1 fully saturated rings. The Morgan fingerprint density at radius 1 is 1.53 bits per heavy atom. The fourth-order valence-electron chi connectivity index (χ4n) is 2.14. The highest BCUT2D eigenvalue weighted by atomic mass is 16.2. The zero-order chi connectivity index (χ0) is 13.8. The predicted octanol–water partition coefficient (Wildman–Crippen LogP) is -1.58. The van der Waals surface area contributed by atoms with Gasteiger partial charge in [0.05, 0.1) is 0 Å². The van der Waals surface area contributed by atoms with Gasteiger partial charge in [-0.15, -0.1) is 0 Å². The lowest BCUT2D eigenvalue weighted by Crippen LogP contribution is -2.47. The second-order valence-corrected chi connectivity index (χ2v) is 4.73. The van der Waals surface area contributed by atoms with Crippen LogP contribution >= 0.6 is 0 Å². The van der Waals surface area contributed by atoms with Crippen LogP contribution in [0, 0.1) is 0 Å². The van der Waals surface area contributed by atoms with Gasteiger partial charge in [-0.05, 0) is 19.4 Å². The standard InChI is InChI=1S/C12H18N4O3/c1-15-11(18)4-6-16(12(15)19)8-10(17)14-9-3-2-5-13-7-9/h4,6,9,13H,2-3,5,7-8H2,1H3,(H,14,17)/t9-/m0/s1. The fourth-order valence-corrected chi connectivity index (χ4v) is 2.14. The van der Waals surface area contributed by atoms with E-state index in [4.69, 9.17) is 0 Å². The van der Waals surface area contributed by atoms with Crippen molar-refractivity contribution >= 4 is 5.91 Å². The van der Waals surface area contributed by atoms with Crippen LogP contribution in [-0.2, 0) is 18.4 Å². The molecule has 0 aliphatic carbocycles. The first-order valence-corrected chi connectivity index (χ1v) is 6.34. The van der Waals surface area contributed by atoms with Gasteiger partial charge >= 0.3 is 5.69 Å². The number of hydrogen-bond donors (Lipinski definition) is 2. The minimum absolute atomic E-state index is 0.0660. The summed E-state index contributed by atoms with van der Waals surface area (Å²) in [6.45, 7) is 1.67. The third-order valence-corrected chi connectivity index (χ3v) is 3.24. The maximum Gasteiger partial charge on any atom is 0.331 e. The van der Waals surface area contributed by atoms with Crippen molar-refractivity contribution in [1.29, 1.82) is 0 Å². The van der Waals surface area contributed by atoms with Crippen LogP contribution in [0.3, 0.4) is 0 Å². The summed E-state index contributed by atoms with van der Waals surface area (Å²) >= 11 is 0. The minimum atomic E-state index is -0.482. The third-order valence-electron chi connectivity index (χ3n) is 3.24. The molecule has 1 aliphatic rings. The lowest BCUT2D eigenvalue weighted by Gasteiger charge is -2.23. The molecule has 104 valence electrons. The van der Waals surface area contributed by atoms with E-state index in [0.29, 0.717) is 0 Å². The number of piperidine rings is 1. The van der Waals surface area contributed by atoms with E-state index in [1.54, 1.807) is 0 Å². The third kappa shape index (κ3) is 3.31. The molecule has 1 aromatic rings. The van der Waals surface area contributed by atoms with Crippen LogP contribution in [-0.4, -0.2) is 34.2 Å². The van der Waals surface area contributed by atoms with Crippen molar-refractivity contribution in [3.63, 3.8) is 0 Å². The zero-order valence-corrected chi connectivity index (χ0v) is 10.9. The van der Waals surface area contributed by atoms with E-state index in [1.165, 1.54) is 23.9 Å². The van der Waals surface area contributed by atoms with Gasteiger partial charge in [-0.3, -0.25) is 18.7 Å². The number of carbonyl (C=O) groups excluding carboxylic acids is 1. The van der Waals surface area contributed by atoms with Crippen LogP contribution in [0.4, 0.5) is 0 Å². The first kappa shape index (κ1) is 13.5. The lowest BCUT2D eigenvalue weighted by molar-refractivity contribution is -0.122. The van der Waals surface area contributed by atoms with Gasteiger partial charge in [0.15, 0.2) is 0 Å². The lowest BCUT2D eigenvalue weighted by atomic mass is 10.1. The van der Waals surface area contributed by atoms with Crippen LogP contribution < -0.4 is 21.9 Å². The summed E-state index contributed by atoms with van der Waals surface area (Å²) in [5, 5.41) is 6.08. The Bertz CT molecular complexity index is 569. The average Bonchev–Trinajstić information content (AvgIpc) is 2.41. The Morgan fingerprint density at radius 3 is 3.00 bits per heavy atom. The van der Waals surface area contributed by atoms with Crippen LogP contribution in [0.1, 0.15) is 12.8 Å². The summed E-state index contributed by atoms with van der Waals surface area (Å²) in [4.78, 5) is 34.8. The molecule has 0 bridgehead atoms. The van der Waals surface area contributed by atoms with Crippen molar-refractivity contribution in [2.75, 3.05) is 13.1 Å². The molecule has 2 rings (SSSR count). The Labute approximate surface area is 110 Å². The summed E-state index contributed by atoms with van der Waals surface area (Å²) in [6, 6.07) is 1.39. The number of carbonyl (C=O) groups is 1. The largest absolute Gasteiger partial charge is 0.351 e. The molecular formula is C12H18N4O3. The second kappa shape index (κ2) is 5.83. The molecule has 0 aromatic carbocycles. The van der Waals surface area contributed by atoms with Gasteiger partial charge in [0, 0.05) is 31.9 Å². The molecule has 1 atom stereocenters. The number of hydrogen-bond acceptors (Lipinski definition) is 4. The Kier molecular flexibility index (Phi) is 4.16. The smallest absolute Gasteiger partial charge is 0.331 e. The van der Waals surface area contributed by atoms with E-state index < -0.39 is 5.69 Å². The van der Waals surface area contributed by atoms with E-state index >= 15 is 0 Å². The molecule has 2 N–H and O–H groups in total. The maximum atomic E-state index is 11.8. The predicted molar refractivity (Wildman–Crippen MR) is 70.0 cm³/mol. The van der Waals surface area contributed by atoms with Crippen LogP contribution in [0.25, 0.3) is 0 Å². The van der Waals surface area contributed by atoms with E-state index in [-0.39, 0.29) is 24.1 Å². The molecule has 1 aliphatic heterocycles. The van der Waals surface area contributed by atoms with Gasteiger partial charge in [0.25, 0.3) is 5.56 Å². The van der Waals surface area contributed by atoms with E-state index in [2.05, 4.69) is 10.6 Å². The molecule has 0 radical (unpaired) electrons. The van der Waals surface area contributed by atoms with Gasteiger partial charge in [-0.25, -0.2) is 4.79 Å². The Hall–Kier alpha value is -1.89. The number of nitrogens with one attached hydrogen (secondary N) is 2. The van der Waals surface area contributed by atoms with Crippen LogP contribution in [0.5, 0.6) is 0 Å². The number of aromatic nitrogens is 2. The molecule has 1 amide bonds. The molecule has 19 heavy (non-hydrogen) atoms. The second-order valence-electron chi connectivity index (χ2n) is 4.73. The molecule has 7 heteroatoms. The van der Waals surface area contributed by atoms with Crippen molar-refractivity contribution in [3.05, 3.63) is 33.1 Å². The first-order chi connectivity index (χ1) is 9.08. The molecule has 0 saturated carbocycles. The first-order valence-electron chi connectivity index (χ1n) is 6.34. The van der Waals surface area contributed by atoms with Crippen molar-refractivity contribution in [1.82, 2.24) is 19.8 Å². The minimum Gasteiger partial charge on any atom is -0.351 e. The highest BCUT2D eigenvalue weighted by Gasteiger charge is 2.15. The Morgan fingerprint density at radius 2 is 2.32 bits per heavy atom. The van der Waals surface area contributed by atoms with Gasteiger partial charge in [-0.1, -0.05) is 0 Å². The van der Waals surface area contributed by atoms with E-state index in [0.717, 1.165) is 30.5 Å². The topological polar surface area (TPSA) is 85.1 Å². The van der Waals surface area contributed by atoms with Crippen molar-refractivity contribution in [2.24, 2.45) is 7.05 Å². The van der Waals surface area contributed by atoms with Gasteiger partial charge in [0.1, 0.15) is 6.54 Å². The van der Waals surface area contributed by atoms with E-state index in [9.17, 15) is 14.4 Å². The molecule has 1 aromatic heterocycles. The fraction of sp³-hybridized carbons (Fsp3) is 0.583. The molecular weight excluding hydrogens is 248 g/mol. The van der Waals surface area contributed by atoms with Crippen molar-refractivity contribution < 1.29 is 4.79 Å². The molecule has 2 heterocycles. The summed E-state index contributed by atoms with van der Waals surface area (Å²) in [6.07, 6.45) is 3.33. The quantitative estimate of drug-likeness (QED) is 0.691. The monoisotopic (exact) mass is 266 g/mol. The molecule has 7 nitrogen and oxygen atoms in total. The van der Waals surface area contributed by atoms with Crippen LogP contribution in [0.2, 0.25) is 0 Å². The average molecular weight is 266 g/mol. The summed E-state index contributed by atoms with van der Waals surface area (Å²) in [7, 11) is 1.39. The Balaban J connectivity index is 2.01. The highest BCUT2D eigenvalue weighted by molar-refractivity contribution is 5.76. The maximum absolute atomic E-state index is 11.8.